The minimum absolute atomic E-state index is 0.0202. The van der Waals surface area contributed by atoms with Crippen LogP contribution in [0.3, 0.4) is 0 Å². The van der Waals surface area contributed by atoms with E-state index in [1.165, 1.54) is 4.90 Å². The Hall–Kier alpha value is -1.75. The van der Waals surface area contributed by atoms with E-state index in [4.69, 9.17) is 10.3 Å². The van der Waals surface area contributed by atoms with Crippen LogP contribution in [0.2, 0.25) is 0 Å². The zero-order valence-corrected chi connectivity index (χ0v) is 10.9. The summed E-state index contributed by atoms with van der Waals surface area (Å²) >= 11 is 0. The third-order valence-electron chi connectivity index (χ3n) is 2.43. The second-order valence-electron chi connectivity index (χ2n) is 5.29. The third kappa shape index (κ3) is 4.63. The molecule has 1 saturated heterocycles. The summed E-state index contributed by atoms with van der Waals surface area (Å²) in [5.74, 6) is -0.115. The molecule has 0 N–H and O–H groups in total. The van der Waals surface area contributed by atoms with Gasteiger partial charge in [-0.15, -0.1) is 0 Å². The van der Waals surface area contributed by atoms with E-state index < -0.39 is 11.7 Å². The number of Topliss-reactive ketones (excluding diaryl/α,β-unsaturated/α-hetero) is 1. The summed E-state index contributed by atoms with van der Waals surface area (Å²) in [4.78, 5) is 27.5. The van der Waals surface area contributed by atoms with Gasteiger partial charge in [0, 0.05) is 23.9 Å². The molecule has 1 aliphatic heterocycles. The number of carbonyl (C=O) groups is 2. The van der Waals surface area contributed by atoms with Gasteiger partial charge < -0.3 is 9.64 Å². The number of ether oxygens (including phenoxy) is 1. The van der Waals surface area contributed by atoms with Crippen LogP contribution in [0.4, 0.5) is 4.79 Å². The largest absolute Gasteiger partial charge is 0.444 e. The van der Waals surface area contributed by atoms with Gasteiger partial charge in [0.2, 0.25) is 0 Å². The average molecular weight is 254 g/mol. The van der Waals surface area contributed by atoms with Crippen molar-refractivity contribution in [1.82, 2.24) is 4.90 Å². The molecule has 1 rings (SSSR count). The number of azide groups is 1. The Labute approximate surface area is 106 Å². The van der Waals surface area contributed by atoms with Crippen LogP contribution >= 0.6 is 0 Å². The maximum absolute atomic E-state index is 11.8. The Morgan fingerprint density at radius 1 is 1.56 bits per heavy atom. The number of carbonyl (C=O) groups excluding carboxylic acids is 2. The lowest BCUT2D eigenvalue weighted by molar-refractivity contribution is -0.119. The highest BCUT2D eigenvalue weighted by atomic mass is 16.6. The molecule has 1 atom stereocenters. The Kier molecular flexibility index (Phi) is 4.55. The third-order valence-corrected chi connectivity index (χ3v) is 2.43. The molecule has 0 spiro atoms. The smallest absolute Gasteiger partial charge is 0.410 e. The summed E-state index contributed by atoms with van der Waals surface area (Å²) < 4.78 is 5.21. The Morgan fingerprint density at radius 2 is 2.22 bits per heavy atom. The standard InChI is InChI=1S/C11H18N4O3/c1-11(2,3)18-10(17)15-5-4-8(13-14-12)6-9(16)7-15/h8H,4-7H2,1-3H3/t8-/m1/s1. The van der Waals surface area contributed by atoms with Crippen molar-refractivity contribution in [2.45, 2.75) is 45.3 Å². The minimum Gasteiger partial charge on any atom is -0.444 e. The van der Waals surface area contributed by atoms with Crippen LogP contribution in [0.1, 0.15) is 33.6 Å². The lowest BCUT2D eigenvalue weighted by atomic mass is 10.1. The van der Waals surface area contributed by atoms with Crippen LogP contribution in [-0.2, 0) is 9.53 Å². The molecule has 0 bridgehead atoms. The molecular formula is C11H18N4O3. The molecule has 7 nitrogen and oxygen atoms in total. The van der Waals surface area contributed by atoms with E-state index in [1.54, 1.807) is 20.8 Å². The number of likely N-dealkylation sites (tertiary alicyclic amines) is 1. The quantitative estimate of drug-likeness (QED) is 0.408. The van der Waals surface area contributed by atoms with Crippen molar-refractivity contribution < 1.29 is 14.3 Å². The van der Waals surface area contributed by atoms with Crippen molar-refractivity contribution in [3.63, 3.8) is 0 Å². The van der Waals surface area contributed by atoms with E-state index >= 15 is 0 Å². The van der Waals surface area contributed by atoms with Gasteiger partial charge in [0.1, 0.15) is 5.60 Å². The first kappa shape index (κ1) is 14.3. The molecule has 100 valence electrons. The van der Waals surface area contributed by atoms with Gasteiger partial charge in [0.05, 0.1) is 6.54 Å². The van der Waals surface area contributed by atoms with Gasteiger partial charge in [-0.05, 0) is 32.7 Å². The molecule has 1 aliphatic rings. The van der Waals surface area contributed by atoms with Crippen LogP contribution in [0.15, 0.2) is 5.11 Å². The second kappa shape index (κ2) is 5.73. The molecule has 0 aromatic carbocycles. The summed E-state index contributed by atoms with van der Waals surface area (Å²) in [5.41, 5.74) is 7.78. The zero-order valence-electron chi connectivity index (χ0n) is 10.9. The van der Waals surface area contributed by atoms with Gasteiger partial charge in [0.25, 0.3) is 0 Å². The van der Waals surface area contributed by atoms with Gasteiger partial charge in [-0.3, -0.25) is 4.79 Å². The van der Waals surface area contributed by atoms with Crippen molar-refractivity contribution >= 4 is 11.9 Å². The first-order chi connectivity index (χ1) is 8.31. The fourth-order valence-corrected chi connectivity index (χ4v) is 1.68. The lowest BCUT2D eigenvalue weighted by Crippen LogP contribution is -2.39. The molecule has 7 heteroatoms. The van der Waals surface area contributed by atoms with E-state index in [-0.39, 0.29) is 24.8 Å². The van der Waals surface area contributed by atoms with E-state index in [2.05, 4.69) is 10.0 Å². The number of ketones is 1. The summed E-state index contributed by atoms with van der Waals surface area (Å²) in [6, 6.07) is -0.366. The molecule has 0 aromatic rings. The molecule has 0 saturated carbocycles. The summed E-state index contributed by atoms with van der Waals surface area (Å²) in [6.07, 6.45) is 0.163. The van der Waals surface area contributed by atoms with Crippen LogP contribution < -0.4 is 0 Å². The molecule has 1 fully saturated rings. The molecule has 0 radical (unpaired) electrons. The van der Waals surface area contributed by atoms with Crippen molar-refractivity contribution in [2.24, 2.45) is 5.11 Å². The molecule has 0 aliphatic carbocycles. The molecule has 1 amide bonds. The van der Waals surface area contributed by atoms with E-state index in [0.29, 0.717) is 13.0 Å². The van der Waals surface area contributed by atoms with Crippen molar-refractivity contribution in [2.75, 3.05) is 13.1 Å². The van der Waals surface area contributed by atoms with Crippen molar-refractivity contribution in [1.29, 1.82) is 0 Å². The highest BCUT2D eigenvalue weighted by Gasteiger charge is 2.28. The summed E-state index contributed by atoms with van der Waals surface area (Å²) in [6.45, 7) is 5.70. The van der Waals surface area contributed by atoms with E-state index in [0.717, 1.165) is 0 Å². The van der Waals surface area contributed by atoms with Crippen LogP contribution in [0.25, 0.3) is 10.4 Å². The highest BCUT2D eigenvalue weighted by Crippen LogP contribution is 2.15. The number of nitrogens with zero attached hydrogens (tertiary/aromatic N) is 4. The molecular weight excluding hydrogens is 236 g/mol. The number of amides is 1. The number of rotatable bonds is 1. The van der Waals surface area contributed by atoms with Gasteiger partial charge >= 0.3 is 6.09 Å². The van der Waals surface area contributed by atoms with Gasteiger partial charge in [-0.2, -0.15) is 0 Å². The molecule has 18 heavy (non-hydrogen) atoms. The van der Waals surface area contributed by atoms with Gasteiger partial charge in [-0.25, -0.2) is 4.79 Å². The first-order valence-electron chi connectivity index (χ1n) is 5.85. The average Bonchev–Trinajstić information content (AvgIpc) is 2.38. The summed E-state index contributed by atoms with van der Waals surface area (Å²) in [7, 11) is 0. The van der Waals surface area contributed by atoms with Crippen LogP contribution in [-0.4, -0.2) is 41.5 Å². The maximum Gasteiger partial charge on any atom is 0.410 e. The topological polar surface area (TPSA) is 95.4 Å². The van der Waals surface area contributed by atoms with E-state index in [1.807, 2.05) is 0 Å². The van der Waals surface area contributed by atoms with Gasteiger partial charge in [0.15, 0.2) is 5.78 Å². The van der Waals surface area contributed by atoms with Crippen LogP contribution in [0, 0.1) is 0 Å². The maximum atomic E-state index is 11.8. The normalized spacial score (nSPS) is 20.9. The van der Waals surface area contributed by atoms with Crippen molar-refractivity contribution in [3.8, 4) is 0 Å². The molecule has 1 heterocycles. The number of hydrogen-bond acceptors (Lipinski definition) is 4. The lowest BCUT2D eigenvalue weighted by Gasteiger charge is -2.25. The first-order valence-corrected chi connectivity index (χ1v) is 5.85. The fourth-order valence-electron chi connectivity index (χ4n) is 1.68. The van der Waals surface area contributed by atoms with E-state index in [9.17, 15) is 9.59 Å². The van der Waals surface area contributed by atoms with Crippen LogP contribution in [0.5, 0.6) is 0 Å². The SMILES string of the molecule is CC(C)(C)OC(=O)N1CC[C@@H](N=[N+]=[N-])CC(=O)C1. The number of hydrogen-bond donors (Lipinski definition) is 0. The molecule has 0 aromatic heterocycles. The second-order valence-corrected chi connectivity index (χ2v) is 5.29. The minimum atomic E-state index is -0.587. The fraction of sp³-hybridized carbons (Fsp3) is 0.818. The zero-order chi connectivity index (χ0) is 13.8. The van der Waals surface area contributed by atoms with Gasteiger partial charge in [-0.1, -0.05) is 5.11 Å². The predicted molar refractivity (Wildman–Crippen MR) is 65.0 cm³/mol. The Balaban J connectivity index is 2.66. The predicted octanol–water partition coefficient (Wildman–Crippen LogP) is 2.27. The molecule has 0 unspecified atom stereocenters. The monoisotopic (exact) mass is 254 g/mol. The summed E-state index contributed by atoms with van der Waals surface area (Å²) in [5, 5.41) is 3.54. The highest BCUT2D eigenvalue weighted by molar-refractivity contribution is 5.85. The Morgan fingerprint density at radius 3 is 2.78 bits per heavy atom. The van der Waals surface area contributed by atoms with Crippen molar-refractivity contribution in [3.05, 3.63) is 10.4 Å². The Bertz CT molecular complexity index is 382.